The highest BCUT2D eigenvalue weighted by atomic mass is 16.6. The largest absolute Gasteiger partial charge is 0.491 e. The fourth-order valence-electron chi connectivity index (χ4n) is 2.31. The molecule has 2 aromatic rings. The average Bonchev–Trinajstić information content (AvgIpc) is 3.29. The molecule has 1 unspecified atom stereocenters. The van der Waals surface area contributed by atoms with E-state index in [1.807, 2.05) is 56.3 Å². The van der Waals surface area contributed by atoms with Gasteiger partial charge in [0.05, 0.1) is 6.61 Å². The molecule has 3 rings (SSSR count). The van der Waals surface area contributed by atoms with Crippen LogP contribution in [-0.4, -0.2) is 25.1 Å². The van der Waals surface area contributed by atoms with E-state index in [0.29, 0.717) is 6.61 Å². The minimum absolute atomic E-state index is 0.0580. The molecule has 3 nitrogen and oxygen atoms in total. The van der Waals surface area contributed by atoms with Crippen molar-refractivity contribution in [3.8, 4) is 5.75 Å². The minimum atomic E-state index is 0.0580. The van der Waals surface area contributed by atoms with Crippen LogP contribution < -0.4 is 4.74 Å². The number of rotatable bonds is 5. The van der Waals surface area contributed by atoms with E-state index in [0.717, 1.165) is 34.6 Å². The Morgan fingerprint density at radius 1 is 1.14 bits per heavy atom. The predicted molar refractivity (Wildman–Crippen MR) is 81.0 cm³/mol. The van der Waals surface area contributed by atoms with Crippen molar-refractivity contribution in [3.63, 3.8) is 0 Å². The van der Waals surface area contributed by atoms with E-state index in [1.165, 1.54) is 0 Å². The van der Waals surface area contributed by atoms with Crippen molar-refractivity contribution < 1.29 is 14.3 Å². The van der Waals surface area contributed by atoms with E-state index < -0.39 is 0 Å². The van der Waals surface area contributed by atoms with Crippen molar-refractivity contribution in [1.29, 1.82) is 0 Å². The van der Waals surface area contributed by atoms with E-state index in [2.05, 4.69) is 0 Å². The van der Waals surface area contributed by atoms with Gasteiger partial charge in [-0.2, -0.15) is 0 Å². The molecule has 1 fully saturated rings. The monoisotopic (exact) mass is 282 g/mol. The number of aryl methyl sites for hydroxylation is 2. The quantitative estimate of drug-likeness (QED) is 0.624. The maximum Gasteiger partial charge on any atom is 0.193 e. The lowest BCUT2D eigenvalue weighted by Crippen LogP contribution is -2.07. The normalized spacial score (nSPS) is 16.6. The Bertz CT molecular complexity index is 672. The van der Waals surface area contributed by atoms with Gasteiger partial charge in [0.2, 0.25) is 0 Å². The lowest BCUT2D eigenvalue weighted by molar-refractivity contribution is 0.103. The summed E-state index contributed by atoms with van der Waals surface area (Å²) in [5, 5.41) is 0. The van der Waals surface area contributed by atoms with Crippen LogP contribution in [0.1, 0.15) is 27.0 Å². The second-order valence-electron chi connectivity index (χ2n) is 5.39. The second kappa shape index (κ2) is 5.70. The molecule has 0 aliphatic carbocycles. The van der Waals surface area contributed by atoms with Crippen LogP contribution in [0.2, 0.25) is 0 Å². The third kappa shape index (κ3) is 3.14. The Morgan fingerprint density at radius 2 is 1.86 bits per heavy atom. The van der Waals surface area contributed by atoms with E-state index in [9.17, 15) is 4.79 Å². The van der Waals surface area contributed by atoms with E-state index in [4.69, 9.17) is 9.47 Å². The van der Waals surface area contributed by atoms with Crippen LogP contribution in [0.15, 0.2) is 42.5 Å². The third-order valence-electron chi connectivity index (χ3n) is 3.67. The number of epoxide rings is 1. The Labute approximate surface area is 124 Å². The first kappa shape index (κ1) is 13.8. The van der Waals surface area contributed by atoms with Crippen molar-refractivity contribution in [2.45, 2.75) is 20.0 Å². The molecule has 0 aromatic heterocycles. The highest BCUT2D eigenvalue weighted by Gasteiger charge is 2.23. The lowest BCUT2D eigenvalue weighted by Gasteiger charge is -2.10. The van der Waals surface area contributed by atoms with Crippen LogP contribution in [0.25, 0.3) is 0 Å². The SMILES string of the molecule is Cc1ccccc1C(=O)c1ccc(OCC2CO2)cc1C. The number of carbonyl (C=O) groups is 1. The average molecular weight is 282 g/mol. The van der Waals surface area contributed by atoms with Gasteiger partial charge in [0, 0.05) is 11.1 Å². The summed E-state index contributed by atoms with van der Waals surface area (Å²) in [6.45, 7) is 5.25. The number of benzene rings is 2. The van der Waals surface area contributed by atoms with Gasteiger partial charge in [-0.15, -0.1) is 0 Å². The highest BCUT2D eigenvalue weighted by molar-refractivity contribution is 6.10. The van der Waals surface area contributed by atoms with Crippen LogP contribution in [0.5, 0.6) is 5.75 Å². The molecule has 0 N–H and O–H groups in total. The predicted octanol–water partition coefficient (Wildman–Crippen LogP) is 3.31. The van der Waals surface area contributed by atoms with Crippen molar-refractivity contribution in [3.05, 3.63) is 64.7 Å². The molecule has 1 saturated heterocycles. The first-order valence-electron chi connectivity index (χ1n) is 7.10. The number of hydrogen-bond donors (Lipinski definition) is 0. The standard InChI is InChI=1S/C18H18O3/c1-12-5-3-4-6-16(12)18(19)17-8-7-14(9-13(17)2)20-10-15-11-21-15/h3-9,15H,10-11H2,1-2H3. The summed E-state index contributed by atoms with van der Waals surface area (Å²) in [6, 6.07) is 13.3. The summed E-state index contributed by atoms with van der Waals surface area (Å²) in [6.07, 6.45) is 0.235. The smallest absolute Gasteiger partial charge is 0.193 e. The number of carbonyl (C=O) groups excluding carboxylic acids is 1. The Balaban J connectivity index is 1.81. The number of ether oxygens (including phenoxy) is 2. The van der Waals surface area contributed by atoms with Gasteiger partial charge in [-0.05, 0) is 43.2 Å². The van der Waals surface area contributed by atoms with Gasteiger partial charge in [0.15, 0.2) is 5.78 Å². The molecule has 0 saturated carbocycles. The molecule has 1 heterocycles. The fraction of sp³-hybridized carbons (Fsp3) is 0.278. The minimum Gasteiger partial charge on any atom is -0.491 e. The first-order valence-corrected chi connectivity index (χ1v) is 7.10. The van der Waals surface area contributed by atoms with E-state index in [-0.39, 0.29) is 11.9 Å². The molecule has 0 amide bonds. The summed E-state index contributed by atoms with van der Waals surface area (Å²) in [4.78, 5) is 12.6. The van der Waals surface area contributed by atoms with Crippen molar-refractivity contribution >= 4 is 5.78 Å². The third-order valence-corrected chi connectivity index (χ3v) is 3.67. The summed E-state index contributed by atoms with van der Waals surface area (Å²) in [5.41, 5.74) is 3.39. The summed E-state index contributed by atoms with van der Waals surface area (Å²) in [7, 11) is 0. The summed E-state index contributed by atoms with van der Waals surface area (Å²) in [5.74, 6) is 0.840. The zero-order valence-electron chi connectivity index (χ0n) is 12.3. The topological polar surface area (TPSA) is 38.8 Å². The Hall–Kier alpha value is -2.13. The van der Waals surface area contributed by atoms with Crippen molar-refractivity contribution in [2.75, 3.05) is 13.2 Å². The molecule has 108 valence electrons. The summed E-state index contributed by atoms with van der Waals surface area (Å²) < 4.78 is 10.8. The van der Waals surface area contributed by atoms with Crippen LogP contribution in [0.3, 0.4) is 0 Å². The van der Waals surface area contributed by atoms with Gasteiger partial charge < -0.3 is 9.47 Å². The lowest BCUT2D eigenvalue weighted by atomic mass is 9.96. The maximum absolute atomic E-state index is 12.6. The highest BCUT2D eigenvalue weighted by Crippen LogP contribution is 2.22. The van der Waals surface area contributed by atoms with E-state index >= 15 is 0 Å². The van der Waals surface area contributed by atoms with Gasteiger partial charge in [-0.1, -0.05) is 24.3 Å². The molecule has 0 bridgehead atoms. The molecule has 0 radical (unpaired) electrons. The maximum atomic E-state index is 12.6. The molecule has 1 aliphatic heterocycles. The second-order valence-corrected chi connectivity index (χ2v) is 5.39. The van der Waals surface area contributed by atoms with Gasteiger partial charge >= 0.3 is 0 Å². The molecule has 21 heavy (non-hydrogen) atoms. The Kier molecular flexibility index (Phi) is 3.76. The molecule has 0 spiro atoms. The van der Waals surface area contributed by atoms with Gasteiger partial charge in [0.1, 0.15) is 18.5 Å². The fourth-order valence-corrected chi connectivity index (χ4v) is 2.31. The summed E-state index contributed by atoms with van der Waals surface area (Å²) >= 11 is 0. The van der Waals surface area contributed by atoms with Crippen molar-refractivity contribution in [2.24, 2.45) is 0 Å². The zero-order chi connectivity index (χ0) is 14.8. The Morgan fingerprint density at radius 3 is 2.52 bits per heavy atom. The van der Waals surface area contributed by atoms with Gasteiger partial charge in [0.25, 0.3) is 0 Å². The molecular formula is C18H18O3. The number of ketones is 1. The number of hydrogen-bond acceptors (Lipinski definition) is 3. The molecular weight excluding hydrogens is 264 g/mol. The van der Waals surface area contributed by atoms with Crippen LogP contribution in [0.4, 0.5) is 0 Å². The first-order chi connectivity index (χ1) is 10.1. The van der Waals surface area contributed by atoms with Crippen LogP contribution in [0, 0.1) is 13.8 Å². The van der Waals surface area contributed by atoms with Crippen molar-refractivity contribution in [1.82, 2.24) is 0 Å². The molecule has 3 heteroatoms. The molecule has 1 aliphatic rings. The molecule has 2 aromatic carbocycles. The van der Waals surface area contributed by atoms with Gasteiger partial charge in [-0.25, -0.2) is 0 Å². The van der Waals surface area contributed by atoms with Gasteiger partial charge in [-0.3, -0.25) is 4.79 Å². The zero-order valence-corrected chi connectivity index (χ0v) is 12.3. The van der Waals surface area contributed by atoms with Crippen LogP contribution >= 0.6 is 0 Å². The van der Waals surface area contributed by atoms with E-state index in [1.54, 1.807) is 0 Å². The molecule has 1 atom stereocenters. The van der Waals surface area contributed by atoms with Crippen LogP contribution in [-0.2, 0) is 4.74 Å².